The molecule has 0 spiro atoms. The number of nitrogens with zero attached hydrogens (tertiary/aromatic N) is 3. The highest BCUT2D eigenvalue weighted by atomic mass is 16.6. The van der Waals surface area contributed by atoms with Gasteiger partial charge in [-0.2, -0.15) is 0 Å². The molecule has 3 N–H and O–H groups in total. The van der Waals surface area contributed by atoms with Crippen LogP contribution < -0.4 is 16.0 Å². The Labute approximate surface area is 257 Å². The average molecular weight is 611 g/mol. The summed E-state index contributed by atoms with van der Waals surface area (Å²) < 4.78 is 16.3. The van der Waals surface area contributed by atoms with E-state index in [1.54, 1.807) is 111 Å². The normalized spacial score (nSPS) is 13.6. The standard InChI is InChI=1S/C31H42N6O7/c1-29(2,3)42-26(39)35-23-16-12-21(13-17-23)33-24(38)32-20-10-14-22(15-11-20)34-25-36(27(40)43-30(4,5)6)18-19-37(25)28(41)44-31(7,8)9/h10-17H,18-19H2,1-9H3,(H,35,39)(H2,32,33,38). The van der Waals surface area contributed by atoms with E-state index in [2.05, 4.69) is 20.9 Å². The number of carbonyl (C=O) groups is 4. The van der Waals surface area contributed by atoms with Crippen LogP contribution in [-0.4, -0.2) is 70.0 Å². The highest BCUT2D eigenvalue weighted by Crippen LogP contribution is 2.24. The number of nitrogens with one attached hydrogen (secondary N) is 3. The number of aliphatic imine (C=N–C) groups is 1. The van der Waals surface area contributed by atoms with Crippen LogP contribution >= 0.6 is 0 Å². The number of ether oxygens (including phenoxy) is 3. The maximum atomic E-state index is 12.9. The Bertz CT molecular complexity index is 1350. The quantitative estimate of drug-likeness (QED) is 0.311. The monoisotopic (exact) mass is 610 g/mol. The molecule has 0 aliphatic carbocycles. The van der Waals surface area contributed by atoms with Crippen molar-refractivity contribution in [2.24, 2.45) is 4.99 Å². The Kier molecular flexibility index (Phi) is 10.1. The smallest absolute Gasteiger partial charge is 0.417 e. The van der Waals surface area contributed by atoms with E-state index in [0.717, 1.165) is 0 Å². The lowest BCUT2D eigenvalue weighted by Crippen LogP contribution is -2.44. The van der Waals surface area contributed by atoms with Crippen LogP contribution in [-0.2, 0) is 14.2 Å². The van der Waals surface area contributed by atoms with Crippen molar-refractivity contribution in [3.63, 3.8) is 0 Å². The Balaban J connectivity index is 1.68. The Morgan fingerprint density at radius 1 is 0.591 bits per heavy atom. The van der Waals surface area contributed by atoms with Crippen LogP contribution in [0.5, 0.6) is 0 Å². The van der Waals surface area contributed by atoms with Crippen LogP contribution in [0.1, 0.15) is 62.3 Å². The lowest BCUT2D eigenvalue weighted by atomic mass is 10.2. The van der Waals surface area contributed by atoms with Gasteiger partial charge in [-0.3, -0.25) is 5.32 Å². The van der Waals surface area contributed by atoms with E-state index in [9.17, 15) is 19.2 Å². The molecule has 0 bridgehead atoms. The number of anilines is 3. The summed E-state index contributed by atoms with van der Waals surface area (Å²) in [5.74, 6) is 0.0801. The molecule has 13 nitrogen and oxygen atoms in total. The van der Waals surface area contributed by atoms with Gasteiger partial charge in [-0.15, -0.1) is 0 Å². The minimum absolute atomic E-state index is 0.0801. The molecule has 0 atom stereocenters. The molecule has 0 radical (unpaired) electrons. The van der Waals surface area contributed by atoms with E-state index in [4.69, 9.17) is 14.2 Å². The molecule has 1 aliphatic rings. The van der Waals surface area contributed by atoms with Gasteiger partial charge < -0.3 is 24.8 Å². The molecule has 2 aromatic carbocycles. The van der Waals surface area contributed by atoms with Crippen LogP contribution in [0.4, 0.5) is 41.9 Å². The highest BCUT2D eigenvalue weighted by Gasteiger charge is 2.39. The van der Waals surface area contributed by atoms with Crippen molar-refractivity contribution < 1.29 is 33.4 Å². The molecule has 1 aliphatic heterocycles. The lowest BCUT2D eigenvalue weighted by Gasteiger charge is -2.27. The third-order valence-electron chi connectivity index (χ3n) is 5.40. The van der Waals surface area contributed by atoms with E-state index in [1.165, 1.54) is 9.80 Å². The van der Waals surface area contributed by atoms with E-state index < -0.39 is 41.1 Å². The summed E-state index contributed by atoms with van der Waals surface area (Å²) in [7, 11) is 0. The van der Waals surface area contributed by atoms with Crippen LogP contribution in [0.2, 0.25) is 0 Å². The zero-order valence-corrected chi connectivity index (χ0v) is 26.7. The van der Waals surface area contributed by atoms with Crippen LogP contribution in [0.3, 0.4) is 0 Å². The summed E-state index contributed by atoms with van der Waals surface area (Å²) >= 11 is 0. The second-order valence-electron chi connectivity index (χ2n) is 13.0. The molecule has 0 saturated carbocycles. The first kappa shape index (κ1) is 33.7. The van der Waals surface area contributed by atoms with Gasteiger partial charge in [0.2, 0.25) is 5.96 Å². The fourth-order valence-electron chi connectivity index (χ4n) is 3.73. The maximum absolute atomic E-state index is 12.9. The van der Waals surface area contributed by atoms with Gasteiger partial charge in [-0.25, -0.2) is 34.0 Å². The molecular weight excluding hydrogens is 568 g/mol. The van der Waals surface area contributed by atoms with Crippen molar-refractivity contribution in [1.29, 1.82) is 0 Å². The van der Waals surface area contributed by atoms with Gasteiger partial charge in [0.1, 0.15) is 16.8 Å². The molecule has 1 saturated heterocycles. The number of hydrogen-bond donors (Lipinski definition) is 3. The van der Waals surface area contributed by atoms with Gasteiger partial charge in [0.25, 0.3) is 0 Å². The first-order chi connectivity index (χ1) is 20.3. The number of urea groups is 1. The summed E-state index contributed by atoms with van der Waals surface area (Å²) in [5.41, 5.74) is -0.169. The molecule has 2 aromatic rings. The van der Waals surface area contributed by atoms with Crippen molar-refractivity contribution in [3.8, 4) is 0 Å². The Morgan fingerprint density at radius 3 is 1.34 bits per heavy atom. The van der Waals surface area contributed by atoms with Gasteiger partial charge in [0.15, 0.2) is 0 Å². The highest BCUT2D eigenvalue weighted by molar-refractivity contribution is 6.04. The predicted octanol–water partition coefficient (Wildman–Crippen LogP) is 7.15. The molecule has 13 heteroatoms. The molecule has 1 heterocycles. The molecular formula is C31H42N6O7. The van der Waals surface area contributed by atoms with E-state index in [0.29, 0.717) is 22.7 Å². The van der Waals surface area contributed by atoms with Crippen LogP contribution in [0, 0.1) is 0 Å². The number of carbonyl (C=O) groups excluding carboxylic acids is 4. The Morgan fingerprint density at radius 2 is 0.955 bits per heavy atom. The third-order valence-corrected chi connectivity index (χ3v) is 5.40. The summed E-state index contributed by atoms with van der Waals surface area (Å²) in [6.07, 6.45) is -1.84. The average Bonchev–Trinajstić information content (AvgIpc) is 3.27. The summed E-state index contributed by atoms with van der Waals surface area (Å²) in [6.45, 7) is 16.2. The van der Waals surface area contributed by atoms with Crippen molar-refractivity contribution in [1.82, 2.24) is 9.80 Å². The topological polar surface area (TPSA) is 151 Å². The van der Waals surface area contributed by atoms with Crippen molar-refractivity contribution in [3.05, 3.63) is 48.5 Å². The van der Waals surface area contributed by atoms with E-state index in [1.807, 2.05) is 0 Å². The third kappa shape index (κ3) is 10.8. The fraction of sp³-hybridized carbons (Fsp3) is 0.452. The largest absolute Gasteiger partial charge is 0.444 e. The summed E-state index contributed by atoms with van der Waals surface area (Å²) in [5, 5.41) is 8.08. The Hall–Kier alpha value is -4.81. The molecule has 5 amide bonds. The number of rotatable bonds is 4. The van der Waals surface area contributed by atoms with Gasteiger partial charge >= 0.3 is 24.3 Å². The summed E-state index contributed by atoms with van der Waals surface area (Å²) in [6, 6.07) is 12.6. The zero-order chi connectivity index (χ0) is 32.9. The van der Waals surface area contributed by atoms with Crippen molar-refractivity contribution in [2.75, 3.05) is 29.0 Å². The van der Waals surface area contributed by atoms with Gasteiger partial charge in [0, 0.05) is 17.1 Å². The van der Waals surface area contributed by atoms with Crippen LogP contribution in [0.25, 0.3) is 0 Å². The number of guanidine groups is 1. The molecule has 238 valence electrons. The van der Waals surface area contributed by atoms with Gasteiger partial charge in [0.05, 0.1) is 18.8 Å². The van der Waals surface area contributed by atoms with E-state index >= 15 is 0 Å². The molecule has 1 fully saturated rings. The first-order valence-electron chi connectivity index (χ1n) is 14.2. The summed E-state index contributed by atoms with van der Waals surface area (Å²) in [4.78, 5) is 57.5. The van der Waals surface area contributed by atoms with Gasteiger partial charge in [-0.1, -0.05) is 0 Å². The molecule has 44 heavy (non-hydrogen) atoms. The van der Waals surface area contributed by atoms with Crippen molar-refractivity contribution >= 4 is 53.0 Å². The van der Waals surface area contributed by atoms with Crippen molar-refractivity contribution in [2.45, 2.75) is 79.1 Å². The number of hydrogen-bond acceptors (Lipinski definition) is 8. The minimum atomic E-state index is -0.742. The predicted molar refractivity (Wildman–Crippen MR) is 168 cm³/mol. The van der Waals surface area contributed by atoms with E-state index in [-0.39, 0.29) is 19.0 Å². The number of amides is 5. The SMILES string of the molecule is CC(C)(C)OC(=O)Nc1ccc(NC(=O)Nc2ccc(N=C3N(C(=O)OC(C)(C)C)CCN3C(=O)OC(C)(C)C)cc2)cc1. The molecule has 0 unspecified atom stereocenters. The second kappa shape index (κ2) is 13.2. The van der Waals surface area contributed by atoms with Gasteiger partial charge in [-0.05, 0) is 111 Å². The fourth-order valence-corrected chi connectivity index (χ4v) is 3.73. The van der Waals surface area contributed by atoms with Crippen LogP contribution in [0.15, 0.2) is 53.5 Å². The maximum Gasteiger partial charge on any atom is 0.417 e. The molecule has 3 rings (SSSR count). The molecule has 0 aromatic heterocycles. The first-order valence-corrected chi connectivity index (χ1v) is 14.2. The zero-order valence-electron chi connectivity index (χ0n) is 26.7. The second-order valence-corrected chi connectivity index (χ2v) is 13.0. The lowest BCUT2D eigenvalue weighted by molar-refractivity contribution is 0.0374. The minimum Gasteiger partial charge on any atom is -0.444 e. The number of benzene rings is 2.